The van der Waals surface area contributed by atoms with Crippen molar-refractivity contribution in [2.24, 2.45) is 0 Å². The number of ether oxygens (including phenoxy) is 2. The number of hydrogen-bond donors (Lipinski definition) is 0. The quantitative estimate of drug-likeness (QED) is 0.241. The minimum absolute atomic E-state index is 0.0365. The van der Waals surface area contributed by atoms with Gasteiger partial charge in [0.15, 0.2) is 23.3 Å². The second-order valence-electron chi connectivity index (χ2n) is 9.86. The van der Waals surface area contributed by atoms with Crippen LogP contribution in [-0.4, -0.2) is 34.3 Å². The van der Waals surface area contributed by atoms with Crippen LogP contribution in [0.4, 0.5) is 18.9 Å². The Balaban J connectivity index is 1.38. The molecule has 210 valence electrons. The van der Waals surface area contributed by atoms with Gasteiger partial charge in [0.1, 0.15) is 11.3 Å². The third-order valence-corrected chi connectivity index (χ3v) is 6.92. The lowest BCUT2D eigenvalue weighted by atomic mass is 10.1. The van der Waals surface area contributed by atoms with E-state index in [0.717, 1.165) is 5.56 Å². The number of rotatable bonds is 5. The molecular weight excluding hydrogens is 537 g/mol. The number of carbonyl (C=O) groups is 1. The largest absolute Gasteiger partial charge is 0.482 e. The lowest BCUT2D eigenvalue weighted by Gasteiger charge is -2.26. The summed E-state index contributed by atoms with van der Waals surface area (Å²) in [4.78, 5) is 19.2. The van der Waals surface area contributed by atoms with Crippen molar-refractivity contribution in [3.05, 3.63) is 101 Å². The zero-order chi connectivity index (χ0) is 28.9. The highest BCUT2D eigenvalue weighted by atomic mass is 19.4. The number of carbonyl (C=O) groups excluding carboxylic acids is 1. The van der Waals surface area contributed by atoms with Gasteiger partial charge in [-0.2, -0.15) is 18.3 Å². The highest BCUT2D eigenvalue weighted by Gasteiger charge is 2.43. The minimum Gasteiger partial charge on any atom is -0.482 e. The molecule has 1 aliphatic rings. The van der Waals surface area contributed by atoms with Crippen LogP contribution >= 0.6 is 0 Å². The highest BCUT2D eigenvalue weighted by Crippen LogP contribution is 2.40. The second-order valence-corrected chi connectivity index (χ2v) is 9.86. The van der Waals surface area contributed by atoms with Gasteiger partial charge < -0.3 is 18.8 Å². The van der Waals surface area contributed by atoms with E-state index < -0.39 is 18.0 Å². The van der Waals surface area contributed by atoms with Gasteiger partial charge in [0.2, 0.25) is 0 Å². The maximum atomic E-state index is 14.1. The Morgan fingerprint density at radius 3 is 2.61 bits per heavy atom. The molecule has 3 aromatic carbocycles. The summed E-state index contributed by atoms with van der Waals surface area (Å²) in [5.41, 5.74) is 2.44. The SMILES string of the molecule is Cc1ccc(OC2COCc3c(C(F)(F)F)nn(-c4cccc(C(=O)N(C)c5ccc6nc(C)oc6c5)c4)c32)cc1. The molecule has 0 radical (unpaired) electrons. The van der Waals surface area contributed by atoms with Gasteiger partial charge in [0.05, 0.1) is 24.6 Å². The summed E-state index contributed by atoms with van der Waals surface area (Å²) >= 11 is 0. The number of benzene rings is 3. The van der Waals surface area contributed by atoms with E-state index in [1.165, 1.54) is 15.6 Å². The normalized spacial score (nSPS) is 15.1. The van der Waals surface area contributed by atoms with Crippen LogP contribution in [-0.2, 0) is 17.5 Å². The van der Waals surface area contributed by atoms with Gasteiger partial charge in [-0.25, -0.2) is 9.67 Å². The van der Waals surface area contributed by atoms with Crippen LogP contribution in [0.3, 0.4) is 0 Å². The highest BCUT2D eigenvalue weighted by molar-refractivity contribution is 6.06. The number of anilines is 1. The molecule has 0 saturated carbocycles. The fourth-order valence-corrected chi connectivity index (χ4v) is 4.90. The zero-order valence-electron chi connectivity index (χ0n) is 22.4. The van der Waals surface area contributed by atoms with E-state index in [2.05, 4.69) is 10.1 Å². The lowest BCUT2D eigenvalue weighted by molar-refractivity contribution is -0.143. The summed E-state index contributed by atoms with van der Waals surface area (Å²) < 4.78 is 60.6. The molecule has 1 aliphatic heterocycles. The molecule has 0 saturated heterocycles. The lowest BCUT2D eigenvalue weighted by Crippen LogP contribution is -2.26. The number of aryl methyl sites for hydroxylation is 2. The number of fused-ring (bicyclic) bond motifs is 2. The Kier molecular flexibility index (Phi) is 6.53. The Labute approximate surface area is 232 Å². The molecule has 0 N–H and O–H groups in total. The molecule has 6 rings (SSSR count). The Morgan fingerprint density at radius 2 is 1.85 bits per heavy atom. The average Bonchev–Trinajstić information content (AvgIpc) is 3.54. The standard InChI is InChI=1S/C30H25F3N4O4/c1-17-7-10-22(11-8-17)41-26-16-39-15-23-27(26)37(35-28(23)30(31,32)33)21-6-4-5-19(13-21)29(38)36(3)20-9-12-24-25(14-20)40-18(2)34-24/h4-14,26H,15-16H2,1-3H3. The van der Waals surface area contributed by atoms with Gasteiger partial charge in [-0.1, -0.05) is 23.8 Å². The molecule has 0 bridgehead atoms. The first kappa shape index (κ1) is 26.6. The Morgan fingerprint density at radius 1 is 1.07 bits per heavy atom. The van der Waals surface area contributed by atoms with Crippen LogP contribution in [0.1, 0.15) is 44.9 Å². The zero-order valence-corrected chi connectivity index (χ0v) is 22.4. The van der Waals surface area contributed by atoms with Crippen molar-refractivity contribution in [1.82, 2.24) is 14.8 Å². The molecule has 0 aliphatic carbocycles. The molecule has 11 heteroatoms. The first-order chi connectivity index (χ1) is 19.6. The van der Waals surface area contributed by atoms with Crippen LogP contribution < -0.4 is 9.64 Å². The molecule has 0 fully saturated rings. The molecule has 0 spiro atoms. The van der Waals surface area contributed by atoms with Gasteiger partial charge in [0.25, 0.3) is 5.91 Å². The van der Waals surface area contributed by atoms with Gasteiger partial charge in [-0.15, -0.1) is 0 Å². The van der Waals surface area contributed by atoms with E-state index in [4.69, 9.17) is 13.9 Å². The van der Waals surface area contributed by atoms with Gasteiger partial charge >= 0.3 is 6.18 Å². The van der Waals surface area contributed by atoms with Crippen molar-refractivity contribution < 1.29 is 31.9 Å². The molecule has 1 unspecified atom stereocenters. The summed E-state index contributed by atoms with van der Waals surface area (Å²) in [7, 11) is 1.61. The van der Waals surface area contributed by atoms with Crippen molar-refractivity contribution in [1.29, 1.82) is 0 Å². The number of nitrogens with zero attached hydrogens (tertiary/aromatic N) is 4. The van der Waals surface area contributed by atoms with E-state index in [1.54, 1.807) is 62.5 Å². The molecular formula is C30H25F3N4O4. The van der Waals surface area contributed by atoms with Crippen molar-refractivity contribution in [2.45, 2.75) is 32.7 Å². The van der Waals surface area contributed by atoms with Crippen LogP contribution in [0.15, 0.2) is 71.1 Å². The van der Waals surface area contributed by atoms with Crippen LogP contribution in [0.2, 0.25) is 0 Å². The molecule has 41 heavy (non-hydrogen) atoms. The first-order valence-electron chi connectivity index (χ1n) is 12.8. The smallest absolute Gasteiger partial charge is 0.435 e. The predicted molar refractivity (Wildman–Crippen MR) is 144 cm³/mol. The van der Waals surface area contributed by atoms with E-state index in [1.807, 2.05) is 19.1 Å². The van der Waals surface area contributed by atoms with E-state index >= 15 is 0 Å². The predicted octanol–water partition coefficient (Wildman–Crippen LogP) is 6.58. The summed E-state index contributed by atoms with van der Waals surface area (Å²) in [5.74, 6) is 0.632. The maximum absolute atomic E-state index is 14.1. The fraction of sp³-hybridized carbons (Fsp3) is 0.233. The topological polar surface area (TPSA) is 82.6 Å². The number of halogens is 3. The Bertz CT molecular complexity index is 1760. The van der Waals surface area contributed by atoms with Crippen LogP contribution in [0, 0.1) is 13.8 Å². The van der Waals surface area contributed by atoms with E-state index in [9.17, 15) is 18.0 Å². The minimum atomic E-state index is -4.71. The van der Waals surface area contributed by atoms with E-state index in [0.29, 0.717) is 28.4 Å². The Hall–Kier alpha value is -4.64. The van der Waals surface area contributed by atoms with Crippen molar-refractivity contribution in [3.8, 4) is 11.4 Å². The summed E-state index contributed by atoms with van der Waals surface area (Å²) in [6.07, 6.45) is -5.57. The number of alkyl halides is 3. The monoisotopic (exact) mass is 562 g/mol. The number of aromatic nitrogens is 3. The van der Waals surface area contributed by atoms with Crippen molar-refractivity contribution in [2.75, 3.05) is 18.6 Å². The summed E-state index contributed by atoms with van der Waals surface area (Å²) in [5, 5.41) is 3.97. The van der Waals surface area contributed by atoms with Crippen LogP contribution in [0.25, 0.3) is 16.8 Å². The molecule has 2 aromatic heterocycles. The van der Waals surface area contributed by atoms with E-state index in [-0.39, 0.29) is 41.6 Å². The molecule has 8 nitrogen and oxygen atoms in total. The second kappa shape index (κ2) is 10.1. The molecule has 5 aromatic rings. The average molecular weight is 563 g/mol. The number of amides is 1. The van der Waals surface area contributed by atoms with Crippen LogP contribution in [0.5, 0.6) is 5.75 Å². The van der Waals surface area contributed by atoms with Gasteiger partial charge in [-0.05, 0) is 49.4 Å². The summed E-state index contributed by atoms with van der Waals surface area (Å²) in [6.45, 7) is 3.44. The first-order valence-corrected chi connectivity index (χ1v) is 12.8. The van der Waals surface area contributed by atoms with Crippen molar-refractivity contribution >= 4 is 22.7 Å². The molecule has 1 atom stereocenters. The maximum Gasteiger partial charge on any atom is 0.435 e. The number of oxazole rings is 1. The van der Waals surface area contributed by atoms with Gasteiger partial charge in [0, 0.05) is 36.9 Å². The molecule has 1 amide bonds. The third-order valence-electron chi connectivity index (χ3n) is 6.92. The summed E-state index contributed by atoms with van der Waals surface area (Å²) in [6, 6.07) is 18.8. The molecule has 3 heterocycles. The van der Waals surface area contributed by atoms with Crippen molar-refractivity contribution in [3.63, 3.8) is 0 Å². The fourth-order valence-electron chi connectivity index (χ4n) is 4.90. The third kappa shape index (κ3) is 5.04. The number of hydrogen-bond acceptors (Lipinski definition) is 6. The van der Waals surface area contributed by atoms with Gasteiger partial charge in [-0.3, -0.25) is 4.79 Å².